The molecule has 5 heteroatoms. The number of benzene rings is 5. The molecule has 0 saturated heterocycles. The summed E-state index contributed by atoms with van der Waals surface area (Å²) in [5.41, 5.74) is 5.29. The van der Waals surface area contributed by atoms with Crippen LogP contribution in [0.5, 0.6) is 5.75 Å². The number of carbonyl (C=O) groups is 1. The topological polar surface area (TPSA) is 49.3 Å². The highest BCUT2D eigenvalue weighted by atomic mass is 35.5. The number of nitrogens with one attached hydrogen (secondary N) is 1. The molecule has 0 aliphatic heterocycles. The van der Waals surface area contributed by atoms with Gasteiger partial charge in [-0.15, -0.1) is 0 Å². The van der Waals surface area contributed by atoms with Gasteiger partial charge < -0.3 is 10.4 Å². The normalized spacial score (nSPS) is 11.5. The first-order valence-corrected chi connectivity index (χ1v) is 14.3. The molecule has 0 aliphatic carbocycles. The van der Waals surface area contributed by atoms with Gasteiger partial charge in [0.25, 0.3) is 5.91 Å². The average Bonchev–Trinajstić information content (AvgIpc) is 2.98. The third-order valence-electron chi connectivity index (χ3n) is 7.56. The van der Waals surface area contributed by atoms with E-state index in [9.17, 15) is 9.90 Å². The number of aromatic hydroxyl groups is 1. The van der Waals surface area contributed by atoms with Gasteiger partial charge in [-0.3, -0.25) is 4.79 Å². The molecule has 206 valence electrons. The van der Waals surface area contributed by atoms with Gasteiger partial charge in [0.2, 0.25) is 0 Å². The average molecular weight is 581 g/mol. The number of halogens is 2. The molecule has 1 amide bonds. The van der Waals surface area contributed by atoms with E-state index in [2.05, 4.69) is 41.7 Å². The molecule has 0 spiro atoms. The van der Waals surface area contributed by atoms with Gasteiger partial charge in [0.05, 0.1) is 21.7 Å². The predicted molar refractivity (Wildman–Crippen MR) is 170 cm³/mol. The van der Waals surface area contributed by atoms with Crippen LogP contribution in [0.25, 0.3) is 0 Å². The van der Waals surface area contributed by atoms with Crippen LogP contribution in [0, 0.1) is 6.92 Å². The molecule has 41 heavy (non-hydrogen) atoms. The summed E-state index contributed by atoms with van der Waals surface area (Å²) < 4.78 is 0. The summed E-state index contributed by atoms with van der Waals surface area (Å²) in [6, 6.07) is 38.4. The minimum atomic E-state index is -0.664. The minimum Gasteiger partial charge on any atom is -0.507 e. The molecule has 0 heterocycles. The number of phenols is 1. The third kappa shape index (κ3) is 5.24. The van der Waals surface area contributed by atoms with Crippen LogP contribution in [0.1, 0.15) is 63.5 Å². The summed E-state index contributed by atoms with van der Waals surface area (Å²) in [6.07, 6.45) is 0. The predicted octanol–water partition coefficient (Wildman–Crippen LogP) is 9.77. The van der Waals surface area contributed by atoms with Crippen molar-refractivity contribution in [2.75, 3.05) is 5.32 Å². The number of aryl methyl sites for hydroxylation is 1. The maximum absolute atomic E-state index is 13.6. The van der Waals surface area contributed by atoms with Gasteiger partial charge in [-0.2, -0.15) is 0 Å². The van der Waals surface area contributed by atoms with Crippen molar-refractivity contribution in [3.05, 3.63) is 164 Å². The highest BCUT2D eigenvalue weighted by Gasteiger charge is 2.38. The Hall–Kier alpha value is -4.05. The Morgan fingerprint density at radius 1 is 0.707 bits per heavy atom. The molecule has 0 fully saturated rings. The molecule has 5 rings (SSSR count). The van der Waals surface area contributed by atoms with Crippen LogP contribution >= 0.6 is 23.2 Å². The molecule has 5 aromatic rings. The van der Waals surface area contributed by atoms with Gasteiger partial charge in [0, 0.05) is 5.02 Å². The molecule has 0 atom stereocenters. The van der Waals surface area contributed by atoms with Crippen LogP contribution in [-0.2, 0) is 5.41 Å². The summed E-state index contributed by atoms with van der Waals surface area (Å²) in [7, 11) is 0. The van der Waals surface area contributed by atoms with E-state index in [-0.39, 0.29) is 17.2 Å². The van der Waals surface area contributed by atoms with Crippen molar-refractivity contribution in [2.24, 2.45) is 0 Å². The van der Waals surface area contributed by atoms with E-state index in [1.54, 1.807) is 13.0 Å². The molecule has 0 unspecified atom stereocenters. The molecule has 0 saturated carbocycles. The number of carbonyl (C=O) groups excluding carboxylic acids is 1. The van der Waals surface area contributed by atoms with E-state index in [1.807, 2.05) is 86.6 Å². The van der Waals surface area contributed by atoms with Crippen molar-refractivity contribution in [3.63, 3.8) is 0 Å². The molecule has 5 aromatic carbocycles. The number of rotatable bonds is 7. The van der Waals surface area contributed by atoms with Crippen molar-refractivity contribution in [3.8, 4) is 5.75 Å². The molecule has 0 radical (unpaired) electrons. The maximum atomic E-state index is 13.6. The van der Waals surface area contributed by atoms with E-state index in [1.165, 1.54) is 0 Å². The third-order valence-corrected chi connectivity index (χ3v) is 8.18. The molecule has 3 nitrogen and oxygen atoms in total. The zero-order chi connectivity index (χ0) is 29.1. The van der Waals surface area contributed by atoms with Crippen LogP contribution in [-0.4, -0.2) is 11.0 Å². The Labute approximate surface area is 251 Å². The van der Waals surface area contributed by atoms with E-state index in [4.69, 9.17) is 23.2 Å². The summed E-state index contributed by atoms with van der Waals surface area (Å²) in [6.45, 7) is 5.59. The van der Waals surface area contributed by atoms with Crippen molar-refractivity contribution < 1.29 is 9.90 Å². The zero-order valence-electron chi connectivity index (χ0n) is 23.2. The SMILES string of the molecule is Cc1cc(Cl)c(C(C)C)c(C(=O)Nc2ccc(C(c3ccccc3)(c3ccccc3)c3ccccc3)cc2Cl)c1O. The van der Waals surface area contributed by atoms with Crippen LogP contribution < -0.4 is 5.32 Å². The second kappa shape index (κ2) is 11.8. The van der Waals surface area contributed by atoms with Crippen LogP contribution in [0.4, 0.5) is 5.69 Å². The van der Waals surface area contributed by atoms with Crippen molar-refractivity contribution in [2.45, 2.75) is 32.1 Å². The quantitative estimate of drug-likeness (QED) is 0.188. The Kier molecular flexibility index (Phi) is 8.21. The fourth-order valence-electron chi connectivity index (χ4n) is 5.67. The smallest absolute Gasteiger partial charge is 0.259 e. The fraction of sp³-hybridized carbons (Fsp3) is 0.139. The summed E-state index contributed by atoms with van der Waals surface area (Å²) in [5.74, 6) is -0.623. The monoisotopic (exact) mass is 579 g/mol. The first kappa shape index (κ1) is 28.5. The van der Waals surface area contributed by atoms with Gasteiger partial charge in [0.15, 0.2) is 0 Å². The first-order valence-electron chi connectivity index (χ1n) is 13.5. The van der Waals surface area contributed by atoms with E-state index >= 15 is 0 Å². The van der Waals surface area contributed by atoms with Gasteiger partial charge in [0.1, 0.15) is 5.75 Å². The number of amides is 1. The van der Waals surface area contributed by atoms with Gasteiger partial charge in [-0.05, 0) is 64.4 Å². The van der Waals surface area contributed by atoms with Crippen molar-refractivity contribution in [1.29, 1.82) is 0 Å². The lowest BCUT2D eigenvalue weighted by atomic mass is 9.65. The number of anilines is 1. The summed E-state index contributed by atoms with van der Waals surface area (Å²) >= 11 is 13.4. The Morgan fingerprint density at radius 3 is 1.63 bits per heavy atom. The Balaban J connectivity index is 1.66. The second-order valence-electron chi connectivity index (χ2n) is 10.5. The number of hydrogen-bond acceptors (Lipinski definition) is 2. The van der Waals surface area contributed by atoms with E-state index < -0.39 is 11.3 Å². The van der Waals surface area contributed by atoms with Crippen molar-refractivity contribution in [1.82, 2.24) is 0 Å². The molecule has 2 N–H and O–H groups in total. The van der Waals surface area contributed by atoms with Gasteiger partial charge in [-0.1, -0.05) is 134 Å². The van der Waals surface area contributed by atoms with Crippen LogP contribution in [0.2, 0.25) is 10.0 Å². The standard InChI is InChI=1S/C36H31Cl2NO2/c1-23(2)32-30(38)21-24(3)34(40)33(32)35(41)39-31-20-19-28(22-29(31)37)36(25-13-7-4-8-14-25,26-15-9-5-10-16-26)27-17-11-6-12-18-27/h4-23,40H,1-3H3,(H,39,41). The van der Waals surface area contributed by atoms with E-state index in [0.717, 1.165) is 22.3 Å². The van der Waals surface area contributed by atoms with Crippen LogP contribution in [0.15, 0.2) is 115 Å². The largest absolute Gasteiger partial charge is 0.507 e. The fourth-order valence-corrected chi connectivity index (χ4v) is 6.38. The number of phenolic OH excluding ortho intramolecular Hbond substituents is 1. The molecular formula is C36H31Cl2NO2. The van der Waals surface area contributed by atoms with E-state index in [0.29, 0.717) is 26.9 Å². The highest BCUT2D eigenvalue weighted by molar-refractivity contribution is 6.34. The zero-order valence-corrected chi connectivity index (χ0v) is 24.7. The Bertz CT molecular complexity index is 1590. The summed E-state index contributed by atoms with van der Waals surface area (Å²) in [5, 5.41) is 14.6. The van der Waals surface area contributed by atoms with Gasteiger partial charge in [-0.25, -0.2) is 0 Å². The van der Waals surface area contributed by atoms with Gasteiger partial charge >= 0.3 is 0 Å². The molecular weight excluding hydrogens is 549 g/mol. The first-order chi connectivity index (χ1) is 19.7. The molecule has 0 bridgehead atoms. The lowest BCUT2D eigenvalue weighted by molar-refractivity contribution is 0.102. The molecule has 0 aliphatic rings. The molecule has 0 aromatic heterocycles. The van der Waals surface area contributed by atoms with Crippen LogP contribution in [0.3, 0.4) is 0 Å². The summed E-state index contributed by atoms with van der Waals surface area (Å²) in [4.78, 5) is 13.6. The maximum Gasteiger partial charge on any atom is 0.259 e. The Morgan fingerprint density at radius 2 is 1.20 bits per heavy atom. The lowest BCUT2D eigenvalue weighted by Crippen LogP contribution is -2.31. The number of hydrogen-bond donors (Lipinski definition) is 2. The van der Waals surface area contributed by atoms with Crippen molar-refractivity contribution >= 4 is 34.8 Å². The highest BCUT2D eigenvalue weighted by Crippen LogP contribution is 2.46. The second-order valence-corrected chi connectivity index (χ2v) is 11.3. The minimum absolute atomic E-state index is 0.0733. The lowest BCUT2D eigenvalue weighted by Gasteiger charge is -2.37.